The number of carbonyl (C=O) groups is 2. The van der Waals surface area contributed by atoms with Crippen LogP contribution in [0.2, 0.25) is 0 Å². The monoisotopic (exact) mass is 329 g/mol. The van der Waals surface area contributed by atoms with Crippen LogP contribution in [0.5, 0.6) is 0 Å². The minimum absolute atomic E-state index is 0.285. The fourth-order valence-electron chi connectivity index (χ4n) is 1.08. The number of rotatable bonds is 2. The number of aromatic carboxylic acids is 1. The fraction of sp³-hybridized carbons (Fsp3) is 0.111. The van der Waals surface area contributed by atoms with Crippen molar-refractivity contribution in [2.75, 3.05) is 5.32 Å². The van der Waals surface area contributed by atoms with Crippen molar-refractivity contribution in [2.24, 2.45) is 0 Å². The zero-order chi connectivity index (χ0) is 14.1. The maximum absolute atomic E-state index is 13.0. The molecule has 1 amide bonds. The van der Waals surface area contributed by atoms with Gasteiger partial charge in [-0.25, -0.2) is 9.18 Å². The molecular formula is C9H4BrF4NO3. The van der Waals surface area contributed by atoms with Crippen LogP contribution in [-0.2, 0) is 4.79 Å². The Morgan fingerprint density at radius 2 is 1.83 bits per heavy atom. The Bertz CT molecular complexity index is 515. The number of anilines is 1. The summed E-state index contributed by atoms with van der Waals surface area (Å²) in [6, 6.07) is 1.24. The first-order valence-corrected chi connectivity index (χ1v) is 5.02. The zero-order valence-corrected chi connectivity index (χ0v) is 9.89. The van der Waals surface area contributed by atoms with Gasteiger partial charge in [0, 0.05) is 4.47 Å². The largest absolute Gasteiger partial charge is 0.478 e. The lowest BCUT2D eigenvalue weighted by Crippen LogP contribution is -2.30. The number of benzene rings is 1. The van der Waals surface area contributed by atoms with Crippen LogP contribution < -0.4 is 5.32 Å². The summed E-state index contributed by atoms with van der Waals surface area (Å²) in [6.07, 6.45) is -5.20. The van der Waals surface area contributed by atoms with Gasteiger partial charge in [-0.2, -0.15) is 13.2 Å². The van der Waals surface area contributed by atoms with Gasteiger partial charge in [0.2, 0.25) is 0 Å². The molecule has 1 aromatic carbocycles. The van der Waals surface area contributed by atoms with E-state index in [1.807, 2.05) is 0 Å². The van der Waals surface area contributed by atoms with Gasteiger partial charge in [0.15, 0.2) is 0 Å². The first kappa shape index (κ1) is 14.4. The zero-order valence-electron chi connectivity index (χ0n) is 8.31. The van der Waals surface area contributed by atoms with Crippen molar-refractivity contribution in [1.29, 1.82) is 0 Å². The second kappa shape index (κ2) is 4.92. The second-order valence-corrected chi connectivity index (χ2v) is 3.92. The number of alkyl halides is 3. The van der Waals surface area contributed by atoms with Crippen LogP contribution in [0.4, 0.5) is 23.2 Å². The van der Waals surface area contributed by atoms with Gasteiger partial charge in [-0.3, -0.25) is 4.79 Å². The SMILES string of the molecule is O=C(O)c1c(Br)cc(F)cc1NC(=O)C(F)(F)F. The topological polar surface area (TPSA) is 66.4 Å². The predicted octanol–water partition coefficient (Wildman–Crippen LogP) is 2.79. The molecule has 0 saturated heterocycles. The summed E-state index contributed by atoms with van der Waals surface area (Å²) in [5.74, 6) is -4.99. The van der Waals surface area contributed by atoms with E-state index < -0.39 is 35.1 Å². The van der Waals surface area contributed by atoms with E-state index in [2.05, 4.69) is 15.9 Å². The molecule has 0 aliphatic carbocycles. The Labute approximate surface area is 106 Å². The van der Waals surface area contributed by atoms with E-state index in [1.165, 1.54) is 5.32 Å². The lowest BCUT2D eigenvalue weighted by molar-refractivity contribution is -0.167. The van der Waals surface area contributed by atoms with Gasteiger partial charge in [0.05, 0.1) is 11.3 Å². The summed E-state index contributed by atoms with van der Waals surface area (Å²) in [4.78, 5) is 21.5. The van der Waals surface area contributed by atoms with Gasteiger partial charge >= 0.3 is 18.1 Å². The van der Waals surface area contributed by atoms with Crippen molar-refractivity contribution in [3.8, 4) is 0 Å². The lowest BCUT2D eigenvalue weighted by atomic mass is 10.1. The lowest BCUT2D eigenvalue weighted by Gasteiger charge is -2.11. The van der Waals surface area contributed by atoms with Gasteiger partial charge in [-0.15, -0.1) is 0 Å². The van der Waals surface area contributed by atoms with E-state index in [-0.39, 0.29) is 4.47 Å². The Morgan fingerprint density at radius 3 is 2.28 bits per heavy atom. The highest BCUT2D eigenvalue weighted by atomic mass is 79.9. The smallest absolute Gasteiger partial charge is 0.471 e. The van der Waals surface area contributed by atoms with Crippen LogP contribution in [0.25, 0.3) is 0 Å². The molecule has 0 aliphatic rings. The van der Waals surface area contributed by atoms with Crippen molar-refractivity contribution < 1.29 is 32.3 Å². The van der Waals surface area contributed by atoms with Crippen LogP contribution in [0, 0.1) is 5.82 Å². The Kier molecular flexibility index (Phi) is 3.95. The van der Waals surface area contributed by atoms with Crippen molar-refractivity contribution in [3.05, 3.63) is 28.0 Å². The number of hydrogen-bond acceptors (Lipinski definition) is 2. The van der Waals surface area contributed by atoms with Crippen LogP contribution in [-0.4, -0.2) is 23.2 Å². The Balaban J connectivity index is 3.24. The number of carboxylic acid groups (broad SMARTS) is 1. The maximum Gasteiger partial charge on any atom is 0.471 e. The average Bonchev–Trinajstić information content (AvgIpc) is 2.13. The fourth-order valence-corrected chi connectivity index (χ4v) is 1.68. The molecule has 98 valence electrons. The number of carboxylic acids is 1. The number of hydrogen-bond donors (Lipinski definition) is 2. The molecule has 0 heterocycles. The molecular weight excluding hydrogens is 326 g/mol. The molecule has 0 atom stereocenters. The van der Waals surface area contributed by atoms with E-state index in [0.29, 0.717) is 6.07 Å². The molecule has 1 rings (SSSR count). The van der Waals surface area contributed by atoms with Crippen molar-refractivity contribution in [3.63, 3.8) is 0 Å². The summed E-state index contributed by atoms with van der Waals surface area (Å²) >= 11 is 2.69. The van der Waals surface area contributed by atoms with E-state index in [1.54, 1.807) is 0 Å². The molecule has 0 unspecified atom stereocenters. The summed E-state index contributed by atoms with van der Waals surface area (Å²) in [6.45, 7) is 0. The number of halogens is 5. The highest BCUT2D eigenvalue weighted by molar-refractivity contribution is 9.10. The molecule has 4 nitrogen and oxygen atoms in total. The third kappa shape index (κ3) is 3.19. The van der Waals surface area contributed by atoms with Gasteiger partial charge in [0.25, 0.3) is 0 Å². The minimum atomic E-state index is -5.20. The molecule has 0 aromatic heterocycles. The van der Waals surface area contributed by atoms with E-state index >= 15 is 0 Å². The van der Waals surface area contributed by atoms with Crippen LogP contribution in [0.15, 0.2) is 16.6 Å². The molecule has 0 fully saturated rings. The predicted molar refractivity (Wildman–Crippen MR) is 55.7 cm³/mol. The average molecular weight is 330 g/mol. The van der Waals surface area contributed by atoms with Crippen LogP contribution in [0.3, 0.4) is 0 Å². The minimum Gasteiger partial charge on any atom is -0.478 e. The quantitative estimate of drug-likeness (QED) is 0.820. The van der Waals surface area contributed by atoms with Gasteiger partial charge < -0.3 is 10.4 Å². The molecule has 0 bridgehead atoms. The standard InChI is InChI=1S/C9H4BrF4NO3/c10-4-1-3(11)2-5(6(4)7(16)17)15-8(18)9(12,13)14/h1-2H,(H,15,18)(H,16,17). The molecule has 1 aromatic rings. The third-order valence-electron chi connectivity index (χ3n) is 1.77. The summed E-state index contributed by atoms with van der Waals surface area (Å²) in [5, 5.41) is 10.1. The van der Waals surface area contributed by atoms with E-state index in [9.17, 15) is 27.2 Å². The highest BCUT2D eigenvalue weighted by Gasteiger charge is 2.39. The van der Waals surface area contributed by atoms with Gasteiger partial charge in [-0.05, 0) is 28.1 Å². The Hall–Kier alpha value is -1.64. The molecule has 0 spiro atoms. The molecule has 18 heavy (non-hydrogen) atoms. The van der Waals surface area contributed by atoms with Crippen molar-refractivity contribution in [1.82, 2.24) is 0 Å². The van der Waals surface area contributed by atoms with Gasteiger partial charge in [-0.1, -0.05) is 0 Å². The first-order valence-electron chi connectivity index (χ1n) is 4.23. The van der Waals surface area contributed by atoms with E-state index in [0.717, 1.165) is 6.07 Å². The number of nitrogens with one attached hydrogen (secondary N) is 1. The van der Waals surface area contributed by atoms with Crippen LogP contribution >= 0.6 is 15.9 Å². The molecule has 0 radical (unpaired) electrons. The van der Waals surface area contributed by atoms with Crippen molar-refractivity contribution in [2.45, 2.75) is 6.18 Å². The molecule has 2 N–H and O–H groups in total. The first-order chi connectivity index (χ1) is 8.12. The number of amides is 1. The Morgan fingerprint density at radius 1 is 1.28 bits per heavy atom. The van der Waals surface area contributed by atoms with Crippen LogP contribution in [0.1, 0.15) is 10.4 Å². The normalized spacial score (nSPS) is 11.2. The number of carbonyl (C=O) groups excluding carboxylic acids is 1. The molecule has 0 saturated carbocycles. The second-order valence-electron chi connectivity index (χ2n) is 3.07. The summed E-state index contributed by atoms with van der Waals surface area (Å²) in [5.41, 5.74) is -1.45. The highest BCUT2D eigenvalue weighted by Crippen LogP contribution is 2.28. The maximum atomic E-state index is 13.0. The van der Waals surface area contributed by atoms with Crippen molar-refractivity contribution >= 4 is 33.5 Å². The van der Waals surface area contributed by atoms with E-state index in [4.69, 9.17) is 5.11 Å². The summed E-state index contributed by atoms with van der Waals surface area (Å²) in [7, 11) is 0. The molecule has 9 heteroatoms. The molecule has 0 aliphatic heterocycles. The van der Waals surface area contributed by atoms with Gasteiger partial charge in [0.1, 0.15) is 5.82 Å². The summed E-state index contributed by atoms with van der Waals surface area (Å²) < 4.78 is 48.7. The third-order valence-corrected chi connectivity index (χ3v) is 2.40.